The molecule has 0 spiro atoms. The van der Waals surface area contributed by atoms with E-state index in [1.54, 1.807) is 26.0 Å². The third-order valence-corrected chi connectivity index (χ3v) is 4.42. The van der Waals surface area contributed by atoms with Gasteiger partial charge in [-0.15, -0.1) is 0 Å². The van der Waals surface area contributed by atoms with Crippen LogP contribution >= 0.6 is 0 Å². The van der Waals surface area contributed by atoms with Crippen LogP contribution in [0.2, 0.25) is 0 Å². The van der Waals surface area contributed by atoms with Crippen LogP contribution in [-0.4, -0.2) is 44.7 Å². The fourth-order valence-electron chi connectivity index (χ4n) is 2.66. The molecule has 0 radical (unpaired) electrons. The molecule has 0 aliphatic carbocycles. The van der Waals surface area contributed by atoms with Crippen molar-refractivity contribution in [3.63, 3.8) is 0 Å². The van der Waals surface area contributed by atoms with Crippen molar-refractivity contribution in [2.24, 2.45) is 5.92 Å². The zero-order valence-corrected chi connectivity index (χ0v) is 18.3. The SMILES string of the molecule is CC(C)[C@H](NC(=O)OCc1ccccc1)C(=O)OCC(=O)Nc1ccc(N(C)C)cc1. The Morgan fingerprint density at radius 2 is 1.58 bits per heavy atom. The summed E-state index contributed by atoms with van der Waals surface area (Å²) in [5.74, 6) is -1.43. The number of amides is 2. The summed E-state index contributed by atoms with van der Waals surface area (Å²) >= 11 is 0. The Kier molecular flexibility index (Phi) is 8.87. The molecule has 0 aliphatic heterocycles. The third kappa shape index (κ3) is 8.00. The van der Waals surface area contributed by atoms with Gasteiger partial charge in [0.15, 0.2) is 6.61 Å². The molecule has 2 aromatic carbocycles. The Morgan fingerprint density at radius 1 is 0.935 bits per heavy atom. The van der Waals surface area contributed by atoms with Gasteiger partial charge in [-0.25, -0.2) is 9.59 Å². The zero-order valence-electron chi connectivity index (χ0n) is 18.3. The van der Waals surface area contributed by atoms with Gasteiger partial charge in [-0.2, -0.15) is 0 Å². The molecule has 0 fully saturated rings. The maximum Gasteiger partial charge on any atom is 0.408 e. The number of esters is 1. The van der Waals surface area contributed by atoms with Gasteiger partial charge in [-0.1, -0.05) is 44.2 Å². The van der Waals surface area contributed by atoms with E-state index in [0.29, 0.717) is 5.69 Å². The Hall–Kier alpha value is -3.55. The maximum absolute atomic E-state index is 12.4. The fraction of sp³-hybridized carbons (Fsp3) is 0.348. The highest BCUT2D eigenvalue weighted by Gasteiger charge is 2.27. The number of nitrogens with one attached hydrogen (secondary N) is 2. The average Bonchev–Trinajstić information content (AvgIpc) is 2.75. The summed E-state index contributed by atoms with van der Waals surface area (Å²) in [6.07, 6.45) is -0.732. The summed E-state index contributed by atoms with van der Waals surface area (Å²) in [7, 11) is 3.84. The molecule has 2 aromatic rings. The van der Waals surface area contributed by atoms with Crippen LogP contribution < -0.4 is 15.5 Å². The molecule has 2 N–H and O–H groups in total. The maximum atomic E-state index is 12.4. The second kappa shape index (κ2) is 11.6. The summed E-state index contributed by atoms with van der Waals surface area (Å²) in [4.78, 5) is 38.5. The fourth-order valence-corrected chi connectivity index (χ4v) is 2.66. The normalized spacial score (nSPS) is 11.4. The summed E-state index contributed by atoms with van der Waals surface area (Å²) in [5, 5.41) is 5.17. The number of hydrogen-bond acceptors (Lipinski definition) is 6. The molecule has 0 aliphatic rings. The Labute approximate surface area is 182 Å². The van der Waals surface area contributed by atoms with E-state index in [1.807, 2.05) is 61.5 Å². The minimum Gasteiger partial charge on any atom is -0.454 e. The molecule has 31 heavy (non-hydrogen) atoms. The van der Waals surface area contributed by atoms with Crippen molar-refractivity contribution in [2.45, 2.75) is 26.5 Å². The monoisotopic (exact) mass is 427 g/mol. The van der Waals surface area contributed by atoms with Gasteiger partial charge in [0, 0.05) is 25.5 Å². The molecule has 0 unspecified atom stereocenters. The van der Waals surface area contributed by atoms with Crippen molar-refractivity contribution in [3.05, 3.63) is 60.2 Å². The van der Waals surface area contributed by atoms with Gasteiger partial charge in [0.1, 0.15) is 12.6 Å². The zero-order chi connectivity index (χ0) is 22.8. The van der Waals surface area contributed by atoms with Gasteiger partial charge in [0.2, 0.25) is 0 Å². The molecule has 0 aromatic heterocycles. The Morgan fingerprint density at radius 3 is 2.16 bits per heavy atom. The number of anilines is 2. The second-order valence-electron chi connectivity index (χ2n) is 7.52. The smallest absolute Gasteiger partial charge is 0.408 e. The predicted octanol–water partition coefficient (Wildman–Crippen LogP) is 3.19. The number of carbonyl (C=O) groups excluding carboxylic acids is 3. The molecule has 166 valence electrons. The van der Waals surface area contributed by atoms with Crippen LogP contribution in [0.5, 0.6) is 0 Å². The van der Waals surface area contributed by atoms with E-state index in [0.717, 1.165) is 11.3 Å². The molecule has 2 rings (SSSR count). The highest BCUT2D eigenvalue weighted by molar-refractivity contribution is 5.93. The topological polar surface area (TPSA) is 97.0 Å². The first kappa shape index (κ1) is 23.7. The lowest BCUT2D eigenvalue weighted by Gasteiger charge is -2.20. The summed E-state index contributed by atoms with van der Waals surface area (Å²) in [6, 6.07) is 15.5. The van der Waals surface area contributed by atoms with E-state index in [4.69, 9.17) is 9.47 Å². The van der Waals surface area contributed by atoms with Crippen LogP contribution in [0.3, 0.4) is 0 Å². The highest BCUT2D eigenvalue weighted by Crippen LogP contribution is 2.15. The molecule has 0 saturated carbocycles. The molecule has 0 bridgehead atoms. The van der Waals surface area contributed by atoms with E-state index < -0.39 is 30.6 Å². The van der Waals surface area contributed by atoms with Gasteiger partial charge in [0.25, 0.3) is 5.91 Å². The minimum absolute atomic E-state index is 0.0849. The van der Waals surface area contributed by atoms with Crippen LogP contribution in [0.15, 0.2) is 54.6 Å². The standard InChI is InChI=1S/C23H29N3O5/c1-16(2)21(25-23(29)31-14-17-8-6-5-7-9-17)22(28)30-15-20(27)24-18-10-12-19(13-11-18)26(3)4/h5-13,16,21H,14-15H2,1-4H3,(H,24,27)(H,25,29)/t21-/m0/s1. The summed E-state index contributed by atoms with van der Waals surface area (Å²) < 4.78 is 10.2. The Bertz CT molecular complexity index is 867. The van der Waals surface area contributed by atoms with E-state index in [9.17, 15) is 14.4 Å². The Balaban J connectivity index is 1.81. The quantitative estimate of drug-likeness (QED) is 0.597. The second-order valence-corrected chi connectivity index (χ2v) is 7.52. The molecule has 0 saturated heterocycles. The first-order chi connectivity index (χ1) is 14.8. The first-order valence-electron chi connectivity index (χ1n) is 9.97. The summed E-state index contributed by atoms with van der Waals surface area (Å²) in [5.41, 5.74) is 2.42. The lowest BCUT2D eigenvalue weighted by atomic mass is 10.1. The van der Waals surface area contributed by atoms with Crippen molar-refractivity contribution in [1.82, 2.24) is 5.32 Å². The highest BCUT2D eigenvalue weighted by atomic mass is 16.6. The van der Waals surface area contributed by atoms with Gasteiger partial charge >= 0.3 is 12.1 Å². The van der Waals surface area contributed by atoms with E-state index in [1.165, 1.54) is 0 Å². The lowest BCUT2D eigenvalue weighted by molar-refractivity contribution is -0.150. The van der Waals surface area contributed by atoms with Crippen molar-refractivity contribution < 1.29 is 23.9 Å². The number of nitrogens with zero attached hydrogens (tertiary/aromatic N) is 1. The van der Waals surface area contributed by atoms with Crippen molar-refractivity contribution >= 4 is 29.3 Å². The van der Waals surface area contributed by atoms with E-state index in [2.05, 4.69) is 10.6 Å². The number of hydrogen-bond donors (Lipinski definition) is 2. The van der Waals surface area contributed by atoms with Crippen molar-refractivity contribution in [3.8, 4) is 0 Å². The number of ether oxygens (including phenoxy) is 2. The molecule has 2 amide bonds. The number of benzene rings is 2. The first-order valence-corrected chi connectivity index (χ1v) is 9.97. The van der Waals surface area contributed by atoms with Crippen LogP contribution in [0, 0.1) is 5.92 Å². The minimum atomic E-state index is -0.935. The van der Waals surface area contributed by atoms with Crippen molar-refractivity contribution in [1.29, 1.82) is 0 Å². The van der Waals surface area contributed by atoms with Crippen LogP contribution in [0.25, 0.3) is 0 Å². The van der Waals surface area contributed by atoms with Gasteiger partial charge in [-0.3, -0.25) is 4.79 Å². The van der Waals surface area contributed by atoms with Crippen LogP contribution in [-0.2, 0) is 25.7 Å². The predicted molar refractivity (Wildman–Crippen MR) is 119 cm³/mol. The summed E-state index contributed by atoms with van der Waals surface area (Å²) in [6.45, 7) is 3.14. The lowest BCUT2D eigenvalue weighted by Crippen LogP contribution is -2.46. The van der Waals surface area contributed by atoms with E-state index in [-0.39, 0.29) is 12.5 Å². The van der Waals surface area contributed by atoms with E-state index >= 15 is 0 Å². The third-order valence-electron chi connectivity index (χ3n) is 4.42. The van der Waals surface area contributed by atoms with Crippen molar-refractivity contribution in [2.75, 3.05) is 30.9 Å². The largest absolute Gasteiger partial charge is 0.454 e. The molecule has 0 heterocycles. The molecular formula is C23H29N3O5. The van der Waals surface area contributed by atoms with Crippen LogP contribution in [0.4, 0.5) is 16.2 Å². The molecular weight excluding hydrogens is 398 g/mol. The molecule has 8 nitrogen and oxygen atoms in total. The average molecular weight is 428 g/mol. The molecule has 8 heteroatoms. The number of rotatable bonds is 9. The number of carbonyl (C=O) groups is 3. The van der Waals surface area contributed by atoms with Gasteiger partial charge in [-0.05, 0) is 35.7 Å². The van der Waals surface area contributed by atoms with Gasteiger partial charge < -0.3 is 25.0 Å². The molecule has 1 atom stereocenters. The number of alkyl carbamates (subject to hydrolysis) is 1. The van der Waals surface area contributed by atoms with Crippen LogP contribution in [0.1, 0.15) is 19.4 Å². The van der Waals surface area contributed by atoms with Gasteiger partial charge in [0.05, 0.1) is 0 Å².